The zero-order valence-electron chi connectivity index (χ0n) is 17.3. The monoisotopic (exact) mass is 479 g/mol. The van der Waals surface area contributed by atoms with Crippen LogP contribution in [0.3, 0.4) is 0 Å². The molecular weight excluding hydrogens is 454 g/mol. The molecule has 31 heavy (non-hydrogen) atoms. The summed E-state index contributed by atoms with van der Waals surface area (Å²) < 4.78 is 38.4. The van der Waals surface area contributed by atoms with Gasteiger partial charge >= 0.3 is 6.03 Å². The van der Waals surface area contributed by atoms with Gasteiger partial charge in [0.2, 0.25) is 0 Å². The highest BCUT2D eigenvalue weighted by molar-refractivity contribution is 7.93. The van der Waals surface area contributed by atoms with Crippen molar-refractivity contribution in [3.8, 4) is 0 Å². The highest BCUT2D eigenvalue weighted by Crippen LogP contribution is 2.38. The number of aryl methyl sites for hydroxylation is 2. The van der Waals surface area contributed by atoms with Crippen LogP contribution in [0.2, 0.25) is 0 Å². The van der Waals surface area contributed by atoms with E-state index in [9.17, 15) is 17.4 Å². The smallest absolute Gasteiger partial charge is 0.307 e. The summed E-state index contributed by atoms with van der Waals surface area (Å²) in [5.74, 6) is 0.893. The quantitative estimate of drug-likeness (QED) is 0.632. The van der Waals surface area contributed by atoms with Gasteiger partial charge in [-0.15, -0.1) is 11.3 Å². The molecular formula is C21H25N3O4S3. The number of anilines is 1. The fraction of sp³-hybridized carbons (Fsp3) is 0.429. The molecule has 1 atom stereocenters. The number of carbonyl (C=O) groups is 1. The molecule has 0 bridgehead atoms. The fourth-order valence-electron chi connectivity index (χ4n) is 4.15. The zero-order chi connectivity index (χ0) is 22.0. The van der Waals surface area contributed by atoms with Gasteiger partial charge in [0.15, 0.2) is 0 Å². The Morgan fingerprint density at radius 1 is 1.19 bits per heavy atom. The molecule has 166 valence electrons. The van der Waals surface area contributed by atoms with E-state index in [1.54, 1.807) is 5.38 Å². The van der Waals surface area contributed by atoms with Gasteiger partial charge in [-0.1, -0.05) is 13.0 Å². The number of thiazole rings is 1. The maximum absolute atomic E-state index is 12.5. The average Bonchev–Trinajstić information content (AvgIpc) is 3.46. The average molecular weight is 480 g/mol. The fourth-order valence-corrected chi connectivity index (χ4v) is 6.42. The first kappa shape index (κ1) is 22.2. The van der Waals surface area contributed by atoms with Crippen LogP contribution in [0.15, 0.2) is 16.9 Å². The zero-order valence-corrected chi connectivity index (χ0v) is 19.7. The number of hydrogen-bond acceptors (Lipinski definition) is 6. The van der Waals surface area contributed by atoms with Crippen molar-refractivity contribution >= 4 is 50.0 Å². The first-order chi connectivity index (χ1) is 14.8. The first-order valence-corrected chi connectivity index (χ1v) is 14.2. The number of nitrogens with zero attached hydrogens (tertiary/aromatic N) is 1. The van der Waals surface area contributed by atoms with Crippen LogP contribution in [0, 0.1) is 0 Å². The topological polar surface area (TPSA) is 105 Å². The number of carbonyl (C=O) groups excluding carboxylic acids is 1. The van der Waals surface area contributed by atoms with Crippen LogP contribution < -0.4 is 10.0 Å². The van der Waals surface area contributed by atoms with E-state index in [1.807, 2.05) is 6.92 Å². The Morgan fingerprint density at radius 2 is 1.87 bits per heavy atom. The second-order valence-corrected chi connectivity index (χ2v) is 11.9. The minimum absolute atomic E-state index is 0.347. The molecule has 0 fully saturated rings. The molecule has 0 aliphatic heterocycles. The Bertz CT molecular complexity index is 1140. The number of benzene rings is 1. The number of nitrogens with one attached hydrogen (secondary N) is 2. The van der Waals surface area contributed by atoms with E-state index in [0.29, 0.717) is 22.2 Å². The SMILES string of the molecule is CCS(=O)Cc1csc(/C=C/S(=O)(=O)NC(=O)Nc2c3c(cc4c2CCC4)CCC3)n1. The van der Waals surface area contributed by atoms with E-state index < -0.39 is 26.9 Å². The van der Waals surface area contributed by atoms with Gasteiger partial charge in [0.25, 0.3) is 10.0 Å². The Hall–Kier alpha value is -2.04. The maximum atomic E-state index is 12.5. The summed E-state index contributed by atoms with van der Waals surface area (Å²) in [5.41, 5.74) is 6.28. The molecule has 1 aromatic carbocycles. The lowest BCUT2D eigenvalue weighted by atomic mass is 9.99. The summed E-state index contributed by atoms with van der Waals surface area (Å²) in [7, 11) is -4.96. The predicted octanol–water partition coefficient (Wildman–Crippen LogP) is 3.51. The number of hydrogen-bond donors (Lipinski definition) is 2. The normalized spacial score (nSPS) is 16.3. The van der Waals surface area contributed by atoms with E-state index in [4.69, 9.17) is 0 Å². The summed E-state index contributed by atoms with van der Waals surface area (Å²) in [5, 5.41) is 6.00. The lowest BCUT2D eigenvalue weighted by Gasteiger charge is -2.16. The van der Waals surface area contributed by atoms with Gasteiger partial charge in [-0.3, -0.25) is 4.21 Å². The molecule has 1 unspecified atom stereocenters. The highest BCUT2D eigenvalue weighted by Gasteiger charge is 2.25. The molecule has 2 amide bonds. The standard InChI is InChI=1S/C21H25N3O4S3/c1-2-30(26)13-16-12-29-19(22-16)9-10-31(27,28)24-21(25)23-20-17-7-3-5-14(17)11-15-6-4-8-18(15)20/h9-12H,2-8,13H2,1H3,(H2,23,24,25)/b10-9+. The van der Waals surface area contributed by atoms with Gasteiger partial charge in [0.1, 0.15) is 5.01 Å². The molecule has 2 aliphatic rings. The third-order valence-electron chi connectivity index (χ3n) is 5.54. The second-order valence-electron chi connectivity index (χ2n) is 7.69. The Morgan fingerprint density at radius 3 is 2.52 bits per heavy atom. The summed E-state index contributed by atoms with van der Waals surface area (Å²) >= 11 is 1.27. The van der Waals surface area contributed by atoms with Crippen LogP contribution in [0.25, 0.3) is 6.08 Å². The van der Waals surface area contributed by atoms with Crippen LogP contribution in [0.5, 0.6) is 0 Å². The van der Waals surface area contributed by atoms with Crippen molar-refractivity contribution in [2.75, 3.05) is 11.1 Å². The minimum Gasteiger partial charge on any atom is -0.307 e. The van der Waals surface area contributed by atoms with E-state index in [1.165, 1.54) is 28.5 Å². The predicted molar refractivity (Wildman–Crippen MR) is 125 cm³/mol. The Kier molecular flexibility index (Phi) is 6.59. The van der Waals surface area contributed by atoms with E-state index in [-0.39, 0.29) is 0 Å². The lowest BCUT2D eigenvalue weighted by molar-refractivity contribution is 0.256. The molecule has 2 aromatic rings. The largest absolute Gasteiger partial charge is 0.333 e. The number of amides is 2. The van der Waals surface area contributed by atoms with E-state index in [2.05, 4.69) is 21.1 Å². The summed E-state index contributed by atoms with van der Waals surface area (Å²) in [6.07, 6.45) is 7.26. The molecule has 0 radical (unpaired) electrons. The number of urea groups is 1. The molecule has 7 nitrogen and oxygen atoms in total. The van der Waals surface area contributed by atoms with Crippen LogP contribution >= 0.6 is 11.3 Å². The molecule has 4 rings (SSSR count). The van der Waals surface area contributed by atoms with E-state index in [0.717, 1.165) is 60.7 Å². The van der Waals surface area contributed by atoms with Crippen molar-refractivity contribution in [3.63, 3.8) is 0 Å². The summed E-state index contributed by atoms with van der Waals surface area (Å²) in [4.78, 5) is 16.8. The van der Waals surface area contributed by atoms with Crippen LogP contribution in [0.4, 0.5) is 10.5 Å². The molecule has 1 heterocycles. The number of sulfonamides is 1. The second kappa shape index (κ2) is 9.22. The van der Waals surface area contributed by atoms with Gasteiger partial charge < -0.3 is 5.32 Å². The molecule has 2 N–H and O–H groups in total. The van der Waals surface area contributed by atoms with Crippen LogP contribution in [-0.4, -0.2) is 29.4 Å². The summed E-state index contributed by atoms with van der Waals surface area (Å²) in [6.45, 7) is 1.84. The third kappa shape index (κ3) is 5.24. The Labute approximate surface area is 188 Å². The number of rotatable bonds is 7. The summed E-state index contributed by atoms with van der Waals surface area (Å²) in [6, 6.07) is 1.50. The Balaban J connectivity index is 1.43. The van der Waals surface area contributed by atoms with Crippen LogP contribution in [0.1, 0.15) is 52.7 Å². The van der Waals surface area contributed by atoms with Gasteiger partial charge in [0, 0.05) is 27.6 Å². The van der Waals surface area contributed by atoms with Gasteiger partial charge in [-0.2, -0.15) is 0 Å². The maximum Gasteiger partial charge on any atom is 0.333 e. The van der Waals surface area contributed by atoms with Crippen molar-refractivity contribution < 1.29 is 17.4 Å². The molecule has 1 aromatic heterocycles. The lowest BCUT2D eigenvalue weighted by Crippen LogP contribution is -2.33. The van der Waals surface area contributed by atoms with Crippen LogP contribution in [-0.2, 0) is 52.3 Å². The molecule has 0 saturated heterocycles. The molecule has 10 heteroatoms. The number of aromatic nitrogens is 1. The molecule has 0 spiro atoms. The molecule has 2 aliphatic carbocycles. The van der Waals surface area contributed by atoms with Gasteiger partial charge in [-0.05, 0) is 66.9 Å². The van der Waals surface area contributed by atoms with Crippen molar-refractivity contribution in [1.82, 2.24) is 9.71 Å². The van der Waals surface area contributed by atoms with Crippen molar-refractivity contribution in [2.24, 2.45) is 0 Å². The first-order valence-electron chi connectivity index (χ1n) is 10.3. The minimum atomic E-state index is -3.98. The van der Waals surface area contributed by atoms with Gasteiger partial charge in [0.05, 0.1) is 16.9 Å². The third-order valence-corrected chi connectivity index (χ3v) is 8.62. The van der Waals surface area contributed by atoms with Crippen molar-refractivity contribution in [1.29, 1.82) is 0 Å². The van der Waals surface area contributed by atoms with Crippen molar-refractivity contribution in [2.45, 2.75) is 51.2 Å². The van der Waals surface area contributed by atoms with Gasteiger partial charge in [-0.25, -0.2) is 22.9 Å². The van der Waals surface area contributed by atoms with E-state index >= 15 is 0 Å². The van der Waals surface area contributed by atoms with Crippen molar-refractivity contribution in [3.05, 3.63) is 49.8 Å². The highest BCUT2D eigenvalue weighted by atomic mass is 32.2. The number of fused-ring (bicyclic) bond motifs is 2. The molecule has 0 saturated carbocycles.